The molecule has 1 rings (SSSR count). The number of ether oxygens (including phenoxy) is 1. The first kappa shape index (κ1) is 14.9. The van der Waals surface area contributed by atoms with Crippen LogP contribution in [0.25, 0.3) is 0 Å². The van der Waals surface area contributed by atoms with E-state index in [4.69, 9.17) is 4.74 Å². The maximum absolute atomic E-state index is 5.70. The van der Waals surface area contributed by atoms with Crippen molar-refractivity contribution in [2.45, 2.75) is 46.1 Å². The highest BCUT2D eigenvalue weighted by Crippen LogP contribution is 2.22. The number of hydrogen-bond acceptors (Lipinski definition) is 3. The third-order valence-electron chi connectivity index (χ3n) is 3.85. The molecule has 0 bridgehead atoms. The van der Waals surface area contributed by atoms with Gasteiger partial charge in [0, 0.05) is 26.2 Å². The van der Waals surface area contributed by atoms with E-state index in [9.17, 15) is 0 Å². The first-order valence-electron chi connectivity index (χ1n) is 7.10. The highest BCUT2D eigenvalue weighted by Gasteiger charge is 2.25. The molecule has 0 aromatic rings. The zero-order chi connectivity index (χ0) is 12.7. The quantitative estimate of drug-likeness (QED) is 0.705. The van der Waals surface area contributed by atoms with E-state index in [-0.39, 0.29) is 0 Å². The summed E-state index contributed by atoms with van der Waals surface area (Å²) in [6.07, 6.45) is 4.16. The van der Waals surface area contributed by atoms with Crippen LogP contribution in [-0.4, -0.2) is 50.8 Å². The van der Waals surface area contributed by atoms with Gasteiger partial charge >= 0.3 is 0 Å². The van der Waals surface area contributed by atoms with E-state index < -0.39 is 0 Å². The van der Waals surface area contributed by atoms with E-state index in [1.54, 1.807) is 0 Å². The summed E-state index contributed by atoms with van der Waals surface area (Å²) in [6.45, 7) is 12.2. The molecule has 0 aliphatic carbocycles. The Bertz CT molecular complexity index is 204. The second-order valence-electron chi connectivity index (χ2n) is 5.78. The minimum Gasteiger partial charge on any atom is -0.377 e. The summed E-state index contributed by atoms with van der Waals surface area (Å²) in [4.78, 5) is 2.44. The first-order valence-corrected chi connectivity index (χ1v) is 7.10. The number of nitrogens with zero attached hydrogens (tertiary/aromatic N) is 1. The second-order valence-corrected chi connectivity index (χ2v) is 5.78. The molecule has 1 heterocycles. The molecule has 1 N–H and O–H groups in total. The van der Waals surface area contributed by atoms with E-state index >= 15 is 0 Å². The molecule has 17 heavy (non-hydrogen) atoms. The van der Waals surface area contributed by atoms with Crippen LogP contribution in [0.4, 0.5) is 0 Å². The van der Waals surface area contributed by atoms with Crippen molar-refractivity contribution in [3.05, 3.63) is 0 Å². The molecule has 0 aromatic heterocycles. The molecule has 1 fully saturated rings. The molecule has 1 saturated heterocycles. The van der Waals surface area contributed by atoms with Gasteiger partial charge in [0.1, 0.15) is 0 Å². The van der Waals surface area contributed by atoms with Crippen LogP contribution < -0.4 is 5.32 Å². The van der Waals surface area contributed by atoms with Crippen LogP contribution in [0, 0.1) is 5.41 Å². The lowest BCUT2D eigenvalue weighted by atomic mass is 9.86. The van der Waals surface area contributed by atoms with Crippen LogP contribution in [0.15, 0.2) is 0 Å². The van der Waals surface area contributed by atoms with Gasteiger partial charge < -0.3 is 15.0 Å². The van der Waals surface area contributed by atoms with Crippen LogP contribution in [0.1, 0.15) is 40.0 Å². The second kappa shape index (κ2) is 7.34. The van der Waals surface area contributed by atoms with Crippen LogP contribution in [0.5, 0.6) is 0 Å². The molecule has 0 spiro atoms. The van der Waals surface area contributed by atoms with Crippen molar-refractivity contribution in [3.8, 4) is 0 Å². The Balaban J connectivity index is 2.32. The van der Waals surface area contributed by atoms with Gasteiger partial charge in [-0.05, 0) is 38.3 Å². The van der Waals surface area contributed by atoms with E-state index in [1.165, 1.54) is 19.3 Å². The highest BCUT2D eigenvalue weighted by molar-refractivity contribution is 4.80. The largest absolute Gasteiger partial charge is 0.377 e. The molecule has 1 aliphatic heterocycles. The summed E-state index contributed by atoms with van der Waals surface area (Å²) >= 11 is 0. The number of rotatable bonds is 8. The summed E-state index contributed by atoms with van der Waals surface area (Å²) < 4.78 is 5.70. The van der Waals surface area contributed by atoms with Gasteiger partial charge in [-0.15, -0.1) is 0 Å². The smallest absolute Gasteiger partial charge is 0.0702 e. The number of nitrogens with one attached hydrogen (secondary N) is 1. The average Bonchev–Trinajstić information content (AvgIpc) is 2.79. The Morgan fingerprint density at radius 2 is 2.18 bits per heavy atom. The Hall–Kier alpha value is -0.120. The fourth-order valence-corrected chi connectivity index (χ4v) is 2.57. The lowest BCUT2D eigenvalue weighted by Gasteiger charge is -2.34. The Labute approximate surface area is 107 Å². The summed E-state index contributed by atoms with van der Waals surface area (Å²) in [5.74, 6) is 0. The zero-order valence-corrected chi connectivity index (χ0v) is 12.1. The first-order chi connectivity index (χ1) is 8.09. The predicted octanol–water partition coefficient (Wildman–Crippen LogP) is 2.12. The van der Waals surface area contributed by atoms with Crippen molar-refractivity contribution in [2.75, 3.05) is 39.8 Å². The van der Waals surface area contributed by atoms with Gasteiger partial charge in [-0.3, -0.25) is 0 Å². The van der Waals surface area contributed by atoms with Gasteiger partial charge in [0.05, 0.1) is 6.10 Å². The fraction of sp³-hybridized carbons (Fsp3) is 1.00. The molecule has 3 nitrogen and oxygen atoms in total. The molecule has 0 radical (unpaired) electrons. The van der Waals surface area contributed by atoms with Gasteiger partial charge in [-0.2, -0.15) is 0 Å². The molecule has 0 aromatic carbocycles. The van der Waals surface area contributed by atoms with E-state index in [0.717, 1.165) is 32.8 Å². The number of hydrogen-bond donors (Lipinski definition) is 1. The van der Waals surface area contributed by atoms with Gasteiger partial charge in [0.25, 0.3) is 0 Å². The third-order valence-corrected chi connectivity index (χ3v) is 3.85. The van der Waals surface area contributed by atoms with E-state index in [1.807, 2.05) is 0 Å². The fourth-order valence-electron chi connectivity index (χ4n) is 2.57. The topological polar surface area (TPSA) is 24.5 Å². The van der Waals surface area contributed by atoms with Crippen molar-refractivity contribution in [1.82, 2.24) is 10.2 Å². The van der Waals surface area contributed by atoms with Gasteiger partial charge in [0.15, 0.2) is 0 Å². The lowest BCUT2D eigenvalue weighted by Crippen LogP contribution is -2.42. The standard InChI is InChI=1S/C14H30N2O/c1-5-14(3,11-15-6-2)12-16(4)10-13-8-7-9-17-13/h13,15H,5-12H2,1-4H3. The zero-order valence-electron chi connectivity index (χ0n) is 12.1. The Morgan fingerprint density at radius 3 is 2.71 bits per heavy atom. The summed E-state index contributed by atoms with van der Waals surface area (Å²) in [6, 6.07) is 0. The van der Waals surface area contributed by atoms with E-state index in [2.05, 4.69) is 38.0 Å². The molecule has 0 amide bonds. The molecule has 2 unspecified atom stereocenters. The maximum Gasteiger partial charge on any atom is 0.0702 e. The molecule has 3 heteroatoms. The summed E-state index contributed by atoms with van der Waals surface area (Å²) in [7, 11) is 2.22. The summed E-state index contributed by atoms with van der Waals surface area (Å²) in [5, 5.41) is 3.48. The number of likely N-dealkylation sites (N-methyl/N-ethyl adjacent to an activating group) is 1. The van der Waals surface area contributed by atoms with Crippen LogP contribution in [0.3, 0.4) is 0 Å². The maximum atomic E-state index is 5.70. The molecule has 1 aliphatic rings. The van der Waals surface area contributed by atoms with Crippen molar-refractivity contribution in [1.29, 1.82) is 0 Å². The van der Waals surface area contributed by atoms with Crippen molar-refractivity contribution in [3.63, 3.8) is 0 Å². The Kier molecular flexibility index (Phi) is 6.45. The third kappa shape index (κ3) is 5.36. The van der Waals surface area contributed by atoms with Crippen LogP contribution in [0.2, 0.25) is 0 Å². The molecule has 2 atom stereocenters. The molecule has 0 saturated carbocycles. The monoisotopic (exact) mass is 242 g/mol. The van der Waals surface area contributed by atoms with Gasteiger partial charge in [0.2, 0.25) is 0 Å². The van der Waals surface area contributed by atoms with Gasteiger partial charge in [-0.1, -0.05) is 20.8 Å². The minimum atomic E-state index is 0.378. The van der Waals surface area contributed by atoms with Crippen molar-refractivity contribution >= 4 is 0 Å². The van der Waals surface area contributed by atoms with Crippen LogP contribution >= 0.6 is 0 Å². The van der Waals surface area contributed by atoms with Gasteiger partial charge in [-0.25, -0.2) is 0 Å². The van der Waals surface area contributed by atoms with Crippen molar-refractivity contribution in [2.24, 2.45) is 5.41 Å². The minimum absolute atomic E-state index is 0.378. The highest BCUT2D eigenvalue weighted by atomic mass is 16.5. The summed E-state index contributed by atoms with van der Waals surface area (Å²) in [5.41, 5.74) is 0.378. The average molecular weight is 242 g/mol. The lowest BCUT2D eigenvalue weighted by molar-refractivity contribution is 0.0663. The van der Waals surface area contributed by atoms with E-state index in [0.29, 0.717) is 11.5 Å². The Morgan fingerprint density at radius 1 is 1.41 bits per heavy atom. The SMILES string of the molecule is CCNCC(C)(CC)CN(C)CC1CCCO1. The molecular weight excluding hydrogens is 212 g/mol. The van der Waals surface area contributed by atoms with Crippen molar-refractivity contribution < 1.29 is 4.74 Å². The molecule has 102 valence electrons. The normalized spacial score (nSPS) is 24.2. The van der Waals surface area contributed by atoms with Crippen LogP contribution in [-0.2, 0) is 4.74 Å². The molecular formula is C14H30N2O. The predicted molar refractivity (Wildman–Crippen MR) is 73.4 cm³/mol.